The highest BCUT2D eigenvalue weighted by Crippen LogP contribution is 2.41. The van der Waals surface area contributed by atoms with Crippen molar-refractivity contribution in [3.8, 4) is 17.2 Å². The van der Waals surface area contributed by atoms with Gasteiger partial charge in [0.1, 0.15) is 13.2 Å². The number of aliphatic imine (C=N–C) groups is 1. The quantitative estimate of drug-likeness (QED) is 0.821. The van der Waals surface area contributed by atoms with E-state index < -0.39 is 0 Å². The lowest BCUT2D eigenvalue weighted by Gasteiger charge is -2.21. The highest BCUT2D eigenvalue weighted by atomic mass is 32.2. The van der Waals surface area contributed by atoms with E-state index >= 15 is 0 Å². The largest absolute Gasteiger partial charge is 0.493 e. The van der Waals surface area contributed by atoms with Crippen molar-refractivity contribution < 1.29 is 19.0 Å². The Hall–Kier alpha value is -2.93. The van der Waals surface area contributed by atoms with E-state index in [1.165, 1.54) is 11.8 Å². The summed E-state index contributed by atoms with van der Waals surface area (Å²) in [6, 6.07) is 11.5. The van der Waals surface area contributed by atoms with E-state index in [2.05, 4.69) is 10.3 Å². The van der Waals surface area contributed by atoms with Gasteiger partial charge in [-0.1, -0.05) is 12.1 Å². The summed E-state index contributed by atoms with van der Waals surface area (Å²) >= 11 is 1.30. The van der Waals surface area contributed by atoms with Gasteiger partial charge in [0.25, 0.3) is 5.91 Å². The standard InChI is InChI=1S/C20H18N2O4S/c1-12-4-3-5-14(8-12)21-20-22-19(23)17(27-20)11-13-9-15(24-2)18-16(10-13)25-6-7-26-18/h3-5,8-11H,6-7H2,1-2H3,(H,21,22,23)/b17-11+. The molecule has 2 aromatic rings. The van der Waals surface area contributed by atoms with Crippen molar-refractivity contribution in [3.05, 3.63) is 52.4 Å². The van der Waals surface area contributed by atoms with Crippen molar-refractivity contribution in [2.75, 3.05) is 20.3 Å². The molecule has 4 rings (SSSR count). The molecule has 0 radical (unpaired) electrons. The molecule has 27 heavy (non-hydrogen) atoms. The zero-order valence-corrected chi connectivity index (χ0v) is 15.8. The highest BCUT2D eigenvalue weighted by Gasteiger charge is 2.25. The maximum atomic E-state index is 12.3. The molecule has 0 spiro atoms. The first kappa shape index (κ1) is 17.5. The van der Waals surface area contributed by atoms with Gasteiger partial charge in [0.05, 0.1) is 17.7 Å². The van der Waals surface area contributed by atoms with Crippen LogP contribution >= 0.6 is 11.8 Å². The van der Waals surface area contributed by atoms with E-state index in [4.69, 9.17) is 14.2 Å². The summed E-state index contributed by atoms with van der Waals surface area (Å²) in [6.45, 7) is 2.98. The Morgan fingerprint density at radius 3 is 2.89 bits per heavy atom. The van der Waals surface area contributed by atoms with E-state index in [-0.39, 0.29) is 5.91 Å². The number of ether oxygens (including phenoxy) is 3. The predicted octanol–water partition coefficient (Wildman–Crippen LogP) is 3.67. The summed E-state index contributed by atoms with van der Waals surface area (Å²) in [4.78, 5) is 17.4. The van der Waals surface area contributed by atoms with E-state index in [9.17, 15) is 4.79 Å². The number of nitrogens with zero attached hydrogens (tertiary/aromatic N) is 1. The molecule has 0 unspecified atom stereocenters. The number of carbonyl (C=O) groups is 1. The van der Waals surface area contributed by atoms with Crippen LogP contribution in [0.3, 0.4) is 0 Å². The van der Waals surface area contributed by atoms with Crippen molar-refractivity contribution in [1.82, 2.24) is 5.32 Å². The zero-order valence-electron chi connectivity index (χ0n) is 14.9. The molecule has 138 valence electrons. The molecular weight excluding hydrogens is 364 g/mol. The first-order chi connectivity index (χ1) is 13.1. The summed E-state index contributed by atoms with van der Waals surface area (Å²) in [7, 11) is 1.58. The number of hydrogen-bond acceptors (Lipinski definition) is 6. The van der Waals surface area contributed by atoms with Crippen molar-refractivity contribution in [2.45, 2.75) is 6.92 Å². The van der Waals surface area contributed by atoms with E-state index in [1.807, 2.05) is 43.3 Å². The molecule has 2 heterocycles. The number of thioether (sulfide) groups is 1. The number of rotatable bonds is 3. The monoisotopic (exact) mass is 382 g/mol. The van der Waals surface area contributed by atoms with Gasteiger partial charge < -0.3 is 19.5 Å². The highest BCUT2D eigenvalue weighted by molar-refractivity contribution is 8.18. The molecule has 0 saturated carbocycles. The lowest BCUT2D eigenvalue weighted by Crippen LogP contribution is -2.19. The number of amides is 1. The minimum atomic E-state index is -0.180. The summed E-state index contributed by atoms with van der Waals surface area (Å²) in [5, 5.41) is 3.36. The van der Waals surface area contributed by atoms with Crippen LogP contribution in [0.25, 0.3) is 6.08 Å². The minimum absolute atomic E-state index is 0.180. The molecule has 7 heteroatoms. The molecule has 1 fully saturated rings. The fourth-order valence-corrected chi connectivity index (χ4v) is 3.67. The molecule has 1 saturated heterocycles. The molecule has 0 atom stereocenters. The van der Waals surface area contributed by atoms with Crippen LogP contribution in [0.2, 0.25) is 0 Å². The lowest BCUT2D eigenvalue weighted by molar-refractivity contribution is -0.115. The van der Waals surface area contributed by atoms with Gasteiger partial charge in [0, 0.05) is 0 Å². The Morgan fingerprint density at radius 2 is 2.07 bits per heavy atom. The minimum Gasteiger partial charge on any atom is -0.493 e. The summed E-state index contributed by atoms with van der Waals surface area (Å²) < 4.78 is 16.6. The maximum absolute atomic E-state index is 12.3. The molecular formula is C20H18N2O4S. The summed E-state index contributed by atoms with van der Waals surface area (Å²) in [5.74, 6) is 1.61. The zero-order chi connectivity index (χ0) is 18.8. The second-order valence-corrected chi connectivity index (χ2v) is 7.10. The second kappa shape index (κ2) is 7.36. The molecule has 1 amide bonds. The van der Waals surface area contributed by atoms with Crippen molar-refractivity contribution in [1.29, 1.82) is 0 Å². The Labute approximate surface area is 161 Å². The number of aryl methyl sites for hydroxylation is 1. The van der Waals surface area contributed by atoms with Crippen molar-refractivity contribution in [3.63, 3.8) is 0 Å². The van der Waals surface area contributed by atoms with Gasteiger partial charge in [-0.15, -0.1) is 0 Å². The fraction of sp³-hybridized carbons (Fsp3) is 0.200. The Kier molecular flexibility index (Phi) is 4.77. The number of nitrogens with one attached hydrogen (secondary N) is 1. The van der Waals surface area contributed by atoms with Gasteiger partial charge in [0.2, 0.25) is 5.75 Å². The second-order valence-electron chi connectivity index (χ2n) is 6.07. The fourth-order valence-electron chi connectivity index (χ4n) is 2.82. The van der Waals surface area contributed by atoms with Crippen molar-refractivity contribution >= 4 is 34.6 Å². The first-order valence-electron chi connectivity index (χ1n) is 8.46. The van der Waals surface area contributed by atoms with E-state index in [0.29, 0.717) is 40.5 Å². The van der Waals surface area contributed by atoms with E-state index in [0.717, 1.165) is 16.8 Å². The molecule has 0 bridgehead atoms. The number of hydrogen-bond donors (Lipinski definition) is 1. The average Bonchev–Trinajstić information content (AvgIpc) is 2.99. The number of carbonyl (C=O) groups excluding carboxylic acids is 1. The van der Waals surface area contributed by atoms with Gasteiger partial charge in [-0.25, -0.2) is 4.99 Å². The number of methoxy groups -OCH3 is 1. The van der Waals surface area contributed by atoms with Crippen LogP contribution in [0.4, 0.5) is 5.69 Å². The van der Waals surface area contributed by atoms with Gasteiger partial charge in [-0.2, -0.15) is 0 Å². The maximum Gasteiger partial charge on any atom is 0.264 e. The number of benzene rings is 2. The predicted molar refractivity (Wildman–Crippen MR) is 106 cm³/mol. The molecule has 0 aliphatic carbocycles. The third-order valence-corrected chi connectivity index (χ3v) is 4.94. The molecule has 0 aromatic heterocycles. The lowest BCUT2D eigenvalue weighted by atomic mass is 10.1. The topological polar surface area (TPSA) is 69.2 Å². The SMILES string of the molecule is COc1cc(/C=C2/SC(=Nc3cccc(C)c3)NC2=O)cc2c1OCCO2. The third-order valence-electron chi connectivity index (χ3n) is 4.03. The van der Waals surface area contributed by atoms with Crippen LogP contribution in [0.5, 0.6) is 17.2 Å². The van der Waals surface area contributed by atoms with Crippen LogP contribution in [-0.2, 0) is 4.79 Å². The van der Waals surface area contributed by atoms with Gasteiger partial charge >= 0.3 is 0 Å². The van der Waals surface area contributed by atoms with Gasteiger partial charge in [0.15, 0.2) is 16.7 Å². The summed E-state index contributed by atoms with van der Waals surface area (Å²) in [5.41, 5.74) is 2.72. The summed E-state index contributed by atoms with van der Waals surface area (Å²) in [6.07, 6.45) is 1.79. The van der Waals surface area contributed by atoms with E-state index in [1.54, 1.807) is 13.2 Å². The van der Waals surface area contributed by atoms with Crippen LogP contribution in [0, 0.1) is 6.92 Å². The molecule has 2 aliphatic rings. The Morgan fingerprint density at radius 1 is 1.22 bits per heavy atom. The Balaban J connectivity index is 1.62. The van der Waals surface area contributed by atoms with Crippen LogP contribution in [0.15, 0.2) is 46.3 Å². The number of fused-ring (bicyclic) bond motifs is 1. The molecule has 1 N–H and O–H groups in total. The normalized spacial score (nSPS) is 18.7. The third kappa shape index (κ3) is 3.78. The van der Waals surface area contributed by atoms with Gasteiger partial charge in [-0.3, -0.25) is 4.79 Å². The van der Waals surface area contributed by atoms with Crippen LogP contribution < -0.4 is 19.5 Å². The van der Waals surface area contributed by atoms with Crippen LogP contribution in [0.1, 0.15) is 11.1 Å². The van der Waals surface area contributed by atoms with Crippen LogP contribution in [-0.4, -0.2) is 31.4 Å². The van der Waals surface area contributed by atoms with Crippen molar-refractivity contribution in [2.24, 2.45) is 4.99 Å². The smallest absolute Gasteiger partial charge is 0.264 e. The first-order valence-corrected chi connectivity index (χ1v) is 9.28. The molecule has 6 nitrogen and oxygen atoms in total. The molecule has 2 aliphatic heterocycles. The van der Waals surface area contributed by atoms with Gasteiger partial charge in [-0.05, 0) is 60.2 Å². The average molecular weight is 382 g/mol. The molecule has 2 aromatic carbocycles. The Bertz CT molecular complexity index is 951. The number of amidine groups is 1.